The first kappa shape index (κ1) is 34.6. The van der Waals surface area contributed by atoms with Gasteiger partial charge in [0.15, 0.2) is 17.4 Å². The number of hydrogen-bond acceptors (Lipinski definition) is 6. The van der Waals surface area contributed by atoms with Crippen LogP contribution in [0.25, 0.3) is 0 Å². The summed E-state index contributed by atoms with van der Waals surface area (Å²) in [6, 6.07) is 9.58. The first-order valence-corrected chi connectivity index (χ1v) is 13.5. The van der Waals surface area contributed by atoms with Crippen LogP contribution in [0.15, 0.2) is 53.2 Å². The molecule has 0 radical (unpaired) electrons. The molecule has 0 aliphatic rings. The van der Waals surface area contributed by atoms with Crippen molar-refractivity contribution in [3.63, 3.8) is 0 Å². The smallest absolute Gasteiger partial charge is 0.410 e. The minimum absolute atomic E-state index is 0.00965. The standard InChI is InChI=1S/C29H39F2N3O4.C2H6/c1-20(17-32-15-8-16-34(6)28(35)38-29(3,4)5)18-33-21(2)24-13-14-25(30)27(26(24)31)37-19-22-9-11-23(36-7)12-10-22;1-2/h9-14,18,32H,8,15-17,19H2,1-7H3;1-2H3/b20-18+,33-21?;. The fourth-order valence-electron chi connectivity index (χ4n) is 3.30. The molecule has 1 N–H and O–H groups in total. The van der Waals surface area contributed by atoms with E-state index in [2.05, 4.69) is 10.3 Å². The third-order valence-corrected chi connectivity index (χ3v) is 5.42. The predicted molar refractivity (Wildman–Crippen MR) is 157 cm³/mol. The van der Waals surface area contributed by atoms with Gasteiger partial charge in [-0.15, -0.1) is 0 Å². The van der Waals surface area contributed by atoms with Gasteiger partial charge in [0.25, 0.3) is 0 Å². The maximum Gasteiger partial charge on any atom is 0.410 e. The van der Waals surface area contributed by atoms with Crippen molar-refractivity contribution in [1.29, 1.82) is 0 Å². The van der Waals surface area contributed by atoms with Crippen LogP contribution in [0.5, 0.6) is 11.5 Å². The number of aliphatic imine (C=N–C) groups is 1. The molecule has 0 bridgehead atoms. The minimum atomic E-state index is -0.793. The molecule has 0 atom stereocenters. The Morgan fingerprint density at radius 3 is 2.33 bits per heavy atom. The summed E-state index contributed by atoms with van der Waals surface area (Å²) >= 11 is 0. The Bertz CT molecular complexity index is 1130. The van der Waals surface area contributed by atoms with Crippen LogP contribution in [0.4, 0.5) is 13.6 Å². The molecule has 0 unspecified atom stereocenters. The SMILES string of the molecule is CC.COc1ccc(COc2c(F)ccc(C(C)=N/C=C(\C)CNCCCN(C)C(=O)OC(C)(C)C)c2F)cc1. The van der Waals surface area contributed by atoms with Crippen molar-refractivity contribution in [1.82, 2.24) is 10.2 Å². The highest BCUT2D eigenvalue weighted by Crippen LogP contribution is 2.26. The van der Waals surface area contributed by atoms with Crippen molar-refractivity contribution in [3.05, 3.63) is 70.9 Å². The third kappa shape index (κ3) is 12.2. The largest absolute Gasteiger partial charge is 0.497 e. The number of halogens is 2. The van der Waals surface area contributed by atoms with Crippen LogP contribution in [0.3, 0.4) is 0 Å². The van der Waals surface area contributed by atoms with Crippen LogP contribution >= 0.6 is 0 Å². The molecule has 0 saturated heterocycles. The van der Waals surface area contributed by atoms with E-state index in [1.807, 2.05) is 41.5 Å². The maximum atomic E-state index is 15.1. The van der Waals surface area contributed by atoms with Gasteiger partial charge in [-0.2, -0.15) is 0 Å². The Hall–Kier alpha value is -3.46. The zero-order chi connectivity index (χ0) is 30.3. The lowest BCUT2D eigenvalue weighted by molar-refractivity contribution is 0.0297. The van der Waals surface area contributed by atoms with Crippen LogP contribution in [-0.4, -0.2) is 56.1 Å². The number of carbonyl (C=O) groups excluding carboxylic acids is 1. The molecule has 0 fully saturated rings. The average Bonchev–Trinajstić information content (AvgIpc) is 2.91. The van der Waals surface area contributed by atoms with Crippen molar-refractivity contribution < 1.29 is 27.8 Å². The third-order valence-electron chi connectivity index (χ3n) is 5.42. The second-order valence-electron chi connectivity index (χ2n) is 10.00. The molecule has 9 heteroatoms. The van der Waals surface area contributed by atoms with Gasteiger partial charge in [0.05, 0.1) is 7.11 Å². The zero-order valence-electron chi connectivity index (χ0n) is 25.4. The molecular weight excluding hydrogens is 516 g/mol. The number of ether oxygens (including phenoxy) is 3. The van der Waals surface area contributed by atoms with Crippen LogP contribution in [0.2, 0.25) is 0 Å². The summed E-state index contributed by atoms with van der Waals surface area (Å²) in [7, 11) is 3.27. The summed E-state index contributed by atoms with van der Waals surface area (Å²) in [4.78, 5) is 17.9. The van der Waals surface area contributed by atoms with Gasteiger partial charge in [0.1, 0.15) is 18.0 Å². The minimum Gasteiger partial charge on any atom is -0.497 e. The molecule has 0 saturated carbocycles. The fraction of sp³-hybridized carbons (Fsp3) is 0.484. The van der Waals surface area contributed by atoms with E-state index in [1.54, 1.807) is 56.4 Å². The summed E-state index contributed by atoms with van der Waals surface area (Å²) in [6.45, 7) is 14.9. The summed E-state index contributed by atoms with van der Waals surface area (Å²) in [5, 5.41) is 3.29. The van der Waals surface area contributed by atoms with Gasteiger partial charge in [-0.05, 0) is 83.0 Å². The normalized spacial score (nSPS) is 11.9. The Labute approximate surface area is 238 Å². The summed E-state index contributed by atoms with van der Waals surface area (Å²) in [5.74, 6) is -1.32. The number of nitrogens with zero attached hydrogens (tertiary/aromatic N) is 2. The molecular formula is C31H45F2N3O4. The molecule has 0 spiro atoms. The van der Waals surface area contributed by atoms with E-state index < -0.39 is 23.0 Å². The monoisotopic (exact) mass is 561 g/mol. The topological polar surface area (TPSA) is 72.4 Å². The van der Waals surface area contributed by atoms with Crippen LogP contribution < -0.4 is 14.8 Å². The number of amides is 1. The van der Waals surface area contributed by atoms with E-state index in [0.29, 0.717) is 31.1 Å². The number of hydrogen-bond donors (Lipinski definition) is 1. The lowest BCUT2D eigenvalue weighted by Gasteiger charge is -2.24. The first-order valence-electron chi connectivity index (χ1n) is 13.5. The second-order valence-corrected chi connectivity index (χ2v) is 10.00. The van der Waals surface area contributed by atoms with E-state index in [1.165, 1.54) is 12.1 Å². The highest BCUT2D eigenvalue weighted by atomic mass is 19.1. The highest BCUT2D eigenvalue weighted by Gasteiger charge is 2.19. The quantitative estimate of drug-likeness (QED) is 0.220. The van der Waals surface area contributed by atoms with Gasteiger partial charge in [0, 0.05) is 37.6 Å². The zero-order valence-corrected chi connectivity index (χ0v) is 25.4. The Kier molecular flexibility index (Phi) is 14.9. The van der Waals surface area contributed by atoms with E-state index in [9.17, 15) is 9.18 Å². The van der Waals surface area contributed by atoms with Gasteiger partial charge in [-0.1, -0.05) is 26.0 Å². The molecule has 2 aromatic carbocycles. The van der Waals surface area contributed by atoms with Crippen LogP contribution in [0, 0.1) is 11.6 Å². The molecule has 2 rings (SSSR count). The van der Waals surface area contributed by atoms with E-state index in [4.69, 9.17) is 14.2 Å². The summed E-state index contributed by atoms with van der Waals surface area (Å²) in [5.41, 5.74) is 1.73. The fourth-order valence-corrected chi connectivity index (χ4v) is 3.30. The van der Waals surface area contributed by atoms with Gasteiger partial charge in [0.2, 0.25) is 0 Å². The predicted octanol–water partition coefficient (Wildman–Crippen LogP) is 7.14. The second kappa shape index (κ2) is 17.3. The van der Waals surface area contributed by atoms with Crippen LogP contribution in [-0.2, 0) is 11.3 Å². The van der Waals surface area contributed by atoms with E-state index >= 15 is 4.39 Å². The lowest BCUT2D eigenvalue weighted by Crippen LogP contribution is -2.35. The van der Waals surface area contributed by atoms with Gasteiger partial charge >= 0.3 is 6.09 Å². The van der Waals surface area contributed by atoms with Gasteiger partial charge in [-0.25, -0.2) is 13.6 Å². The molecule has 2 aromatic rings. The van der Waals surface area contributed by atoms with Crippen molar-refractivity contribution >= 4 is 11.8 Å². The number of rotatable bonds is 12. The molecule has 1 amide bonds. The molecule has 0 aliphatic carbocycles. The number of benzene rings is 2. The molecule has 40 heavy (non-hydrogen) atoms. The van der Waals surface area contributed by atoms with Crippen molar-refractivity contribution in [2.24, 2.45) is 4.99 Å². The molecule has 0 heterocycles. The van der Waals surface area contributed by atoms with Crippen molar-refractivity contribution in [2.75, 3.05) is 33.8 Å². The van der Waals surface area contributed by atoms with Crippen molar-refractivity contribution in [2.45, 2.75) is 67.1 Å². The molecule has 222 valence electrons. The first-order chi connectivity index (χ1) is 18.9. The average molecular weight is 562 g/mol. The Balaban J connectivity index is 0.00000391. The highest BCUT2D eigenvalue weighted by molar-refractivity contribution is 5.99. The summed E-state index contributed by atoms with van der Waals surface area (Å²) < 4.78 is 45.3. The number of carbonyl (C=O) groups is 1. The summed E-state index contributed by atoms with van der Waals surface area (Å²) in [6.07, 6.45) is 2.06. The maximum absolute atomic E-state index is 15.1. The number of methoxy groups -OCH3 is 1. The van der Waals surface area contributed by atoms with E-state index in [0.717, 1.165) is 17.6 Å². The Morgan fingerprint density at radius 2 is 1.73 bits per heavy atom. The Morgan fingerprint density at radius 1 is 1.07 bits per heavy atom. The van der Waals surface area contributed by atoms with Crippen LogP contribution in [0.1, 0.15) is 66.0 Å². The molecule has 0 aromatic heterocycles. The molecule has 7 nitrogen and oxygen atoms in total. The number of nitrogens with one attached hydrogen (secondary N) is 1. The van der Waals surface area contributed by atoms with Gasteiger partial charge in [-0.3, -0.25) is 4.99 Å². The lowest BCUT2D eigenvalue weighted by atomic mass is 10.1. The van der Waals surface area contributed by atoms with Crippen molar-refractivity contribution in [3.8, 4) is 11.5 Å². The van der Waals surface area contributed by atoms with E-state index in [-0.39, 0.29) is 18.3 Å². The molecule has 0 aliphatic heterocycles. The van der Waals surface area contributed by atoms with Gasteiger partial charge < -0.3 is 24.4 Å².